The zero-order valence-corrected chi connectivity index (χ0v) is 34.7. The lowest BCUT2D eigenvalue weighted by Gasteiger charge is -2.36. The zero-order chi connectivity index (χ0) is 38.1. The van der Waals surface area contributed by atoms with Crippen molar-refractivity contribution in [1.82, 2.24) is 15.2 Å². The molecule has 1 amide bonds. The SMILES string of the molecule is COC(=O)c1nc(N(CCCc2c(Cl)nnc(Cl)c2C)C(=O)OC(C)(C)C)sc1CCCOc1ccc(CCCO[Si](C)(C)C(C)(C)C)cc1F. The first-order chi connectivity index (χ1) is 23.7. The molecule has 0 aliphatic carbocycles. The van der Waals surface area contributed by atoms with Crippen molar-refractivity contribution < 1.29 is 32.6 Å². The Bertz CT molecular complexity index is 1660. The number of amides is 1. The maximum atomic E-state index is 14.9. The summed E-state index contributed by atoms with van der Waals surface area (Å²) in [5, 5.41) is 8.65. The van der Waals surface area contributed by atoms with Crippen LogP contribution in [0.4, 0.5) is 14.3 Å². The van der Waals surface area contributed by atoms with Crippen molar-refractivity contribution in [2.24, 2.45) is 0 Å². The van der Waals surface area contributed by atoms with Gasteiger partial charge in [-0.25, -0.2) is 19.0 Å². The first-order valence-electron chi connectivity index (χ1n) is 17.0. The van der Waals surface area contributed by atoms with Gasteiger partial charge in [-0.15, -0.1) is 21.5 Å². The summed E-state index contributed by atoms with van der Waals surface area (Å²) in [5.41, 5.74) is 1.66. The van der Waals surface area contributed by atoms with Crippen LogP contribution in [0.3, 0.4) is 0 Å². The van der Waals surface area contributed by atoms with E-state index in [-0.39, 0.29) is 45.1 Å². The third kappa shape index (κ3) is 12.4. The minimum atomic E-state index is -1.82. The van der Waals surface area contributed by atoms with Gasteiger partial charge in [0.15, 0.2) is 41.0 Å². The minimum absolute atomic E-state index is 0.100. The van der Waals surface area contributed by atoms with Crippen LogP contribution in [0.25, 0.3) is 0 Å². The first-order valence-corrected chi connectivity index (χ1v) is 21.5. The lowest BCUT2D eigenvalue weighted by molar-refractivity contribution is 0.0569. The van der Waals surface area contributed by atoms with E-state index in [1.54, 1.807) is 33.8 Å². The molecule has 51 heavy (non-hydrogen) atoms. The van der Waals surface area contributed by atoms with Crippen molar-refractivity contribution in [3.8, 4) is 5.75 Å². The normalized spacial score (nSPS) is 12.2. The Labute approximate surface area is 316 Å². The van der Waals surface area contributed by atoms with E-state index in [2.05, 4.69) is 49.0 Å². The molecular formula is C36H51Cl2FN4O6SSi. The summed E-state index contributed by atoms with van der Waals surface area (Å²) >= 11 is 13.6. The van der Waals surface area contributed by atoms with E-state index in [0.29, 0.717) is 49.2 Å². The molecule has 0 saturated heterocycles. The lowest BCUT2D eigenvalue weighted by atomic mass is 10.1. The number of anilines is 1. The van der Waals surface area contributed by atoms with Gasteiger partial charge in [-0.2, -0.15) is 0 Å². The summed E-state index contributed by atoms with van der Waals surface area (Å²) in [6.45, 7) is 19.2. The van der Waals surface area contributed by atoms with E-state index in [9.17, 15) is 14.0 Å². The predicted molar refractivity (Wildman–Crippen MR) is 204 cm³/mol. The Morgan fingerprint density at radius 3 is 2.25 bits per heavy atom. The van der Waals surface area contributed by atoms with Crippen molar-refractivity contribution in [1.29, 1.82) is 0 Å². The smallest absolute Gasteiger partial charge is 0.416 e. The van der Waals surface area contributed by atoms with Gasteiger partial charge in [0.25, 0.3) is 0 Å². The number of thiazole rings is 1. The first kappa shape index (κ1) is 42.6. The number of hydrogen-bond acceptors (Lipinski definition) is 10. The average molecular weight is 786 g/mol. The standard InChI is InChI=1S/C36H51Cl2FN4O6SSi/c1-23-25(31(38)42-41-30(23)37)15-11-19-43(34(45)49-35(2,3)4)33-40-29(32(44)46-8)28(50-33)16-13-20-47-27-18-17-24(22-26(27)39)14-12-21-48-51(9,10)36(5,6)7/h17-18,22H,11-16,19-21H2,1-10H3. The number of esters is 1. The van der Waals surface area contributed by atoms with E-state index in [4.69, 9.17) is 41.8 Å². The molecule has 0 fully saturated rings. The van der Waals surface area contributed by atoms with E-state index in [0.717, 1.165) is 17.5 Å². The number of aryl methyl sites for hydroxylation is 2. The number of ether oxygens (including phenoxy) is 3. The third-order valence-electron chi connectivity index (χ3n) is 8.64. The average Bonchev–Trinajstić information content (AvgIpc) is 3.45. The summed E-state index contributed by atoms with van der Waals surface area (Å²) in [6, 6.07) is 5.02. The molecular weight excluding hydrogens is 734 g/mol. The molecule has 282 valence electrons. The quantitative estimate of drug-likeness (QED) is 0.0796. The summed E-state index contributed by atoms with van der Waals surface area (Å²) in [7, 11) is -0.545. The molecule has 0 saturated carbocycles. The Kier molecular flexibility index (Phi) is 15.2. The number of methoxy groups -OCH3 is 1. The topological polar surface area (TPSA) is 113 Å². The molecule has 0 N–H and O–H groups in total. The Morgan fingerprint density at radius 1 is 0.961 bits per heavy atom. The van der Waals surface area contributed by atoms with Crippen LogP contribution >= 0.6 is 34.5 Å². The van der Waals surface area contributed by atoms with Gasteiger partial charge in [0.1, 0.15) is 5.60 Å². The van der Waals surface area contributed by atoms with Gasteiger partial charge in [0.2, 0.25) is 0 Å². The molecule has 3 rings (SSSR count). The second-order valence-electron chi connectivity index (χ2n) is 14.8. The third-order valence-corrected chi connectivity index (χ3v) is 15.0. The number of aromatic nitrogens is 3. The number of rotatable bonds is 16. The Hall–Kier alpha value is -2.84. The number of benzene rings is 1. The number of carbonyl (C=O) groups is 2. The molecule has 10 nitrogen and oxygen atoms in total. The molecule has 0 bridgehead atoms. The molecule has 0 aliphatic rings. The molecule has 2 heterocycles. The monoisotopic (exact) mass is 784 g/mol. The van der Waals surface area contributed by atoms with Crippen molar-refractivity contribution in [3.05, 3.63) is 61.6 Å². The largest absolute Gasteiger partial charge is 0.491 e. The van der Waals surface area contributed by atoms with Crippen molar-refractivity contribution in [2.45, 2.75) is 111 Å². The van der Waals surface area contributed by atoms with Gasteiger partial charge in [0, 0.05) is 18.0 Å². The molecule has 15 heteroatoms. The van der Waals surface area contributed by atoms with Crippen molar-refractivity contribution in [2.75, 3.05) is 31.8 Å². The molecule has 2 aromatic heterocycles. The number of hydrogen-bond donors (Lipinski definition) is 0. The number of carbonyl (C=O) groups excluding carboxylic acids is 2. The highest BCUT2D eigenvalue weighted by Gasteiger charge is 2.37. The van der Waals surface area contributed by atoms with E-state index in [1.807, 2.05) is 6.07 Å². The molecule has 0 radical (unpaired) electrons. The highest BCUT2D eigenvalue weighted by Crippen LogP contribution is 2.37. The highest BCUT2D eigenvalue weighted by atomic mass is 35.5. The Balaban J connectivity index is 1.66. The lowest BCUT2D eigenvalue weighted by Crippen LogP contribution is -2.41. The van der Waals surface area contributed by atoms with Gasteiger partial charge in [0.05, 0.1) is 13.7 Å². The van der Waals surface area contributed by atoms with Crippen LogP contribution in [0.15, 0.2) is 18.2 Å². The van der Waals surface area contributed by atoms with Crippen molar-refractivity contribution >= 4 is 60.1 Å². The number of nitrogens with zero attached hydrogens (tertiary/aromatic N) is 4. The van der Waals surface area contributed by atoms with Crippen LogP contribution in [0.2, 0.25) is 28.4 Å². The van der Waals surface area contributed by atoms with Gasteiger partial charge < -0.3 is 18.6 Å². The van der Waals surface area contributed by atoms with Crippen LogP contribution < -0.4 is 9.64 Å². The van der Waals surface area contributed by atoms with Crippen LogP contribution in [0, 0.1) is 12.7 Å². The summed E-state index contributed by atoms with van der Waals surface area (Å²) < 4.78 is 37.6. The molecule has 0 spiro atoms. The molecule has 3 aromatic rings. The molecule has 0 atom stereocenters. The van der Waals surface area contributed by atoms with Gasteiger partial charge >= 0.3 is 12.1 Å². The molecule has 1 aromatic carbocycles. The van der Waals surface area contributed by atoms with Crippen LogP contribution in [0.1, 0.15) is 92.9 Å². The maximum absolute atomic E-state index is 14.9. The van der Waals surface area contributed by atoms with Crippen molar-refractivity contribution in [3.63, 3.8) is 0 Å². The summed E-state index contributed by atoms with van der Waals surface area (Å²) in [6.07, 6.45) is 2.67. The maximum Gasteiger partial charge on any atom is 0.416 e. The summed E-state index contributed by atoms with van der Waals surface area (Å²) in [4.78, 5) is 32.7. The van der Waals surface area contributed by atoms with E-state index >= 15 is 0 Å². The van der Waals surface area contributed by atoms with Crippen LogP contribution in [0.5, 0.6) is 5.75 Å². The van der Waals surface area contributed by atoms with E-state index < -0.39 is 31.8 Å². The minimum Gasteiger partial charge on any atom is -0.491 e. The zero-order valence-electron chi connectivity index (χ0n) is 31.4. The van der Waals surface area contributed by atoms with E-state index in [1.165, 1.54) is 29.4 Å². The fraction of sp³-hybridized carbons (Fsp3) is 0.583. The second kappa shape index (κ2) is 18.3. The Morgan fingerprint density at radius 2 is 1.63 bits per heavy atom. The molecule has 0 unspecified atom stereocenters. The summed E-state index contributed by atoms with van der Waals surface area (Å²) in [5.74, 6) is -0.900. The number of halogens is 3. The fourth-order valence-electron chi connectivity index (χ4n) is 4.72. The van der Waals surface area contributed by atoms with Gasteiger partial charge in [-0.3, -0.25) is 4.90 Å². The van der Waals surface area contributed by atoms with Gasteiger partial charge in [-0.1, -0.05) is 50.0 Å². The second-order valence-corrected chi connectivity index (χ2v) is 21.4. The van der Waals surface area contributed by atoms with Gasteiger partial charge in [-0.05, 0) is 113 Å². The molecule has 0 aliphatic heterocycles. The highest BCUT2D eigenvalue weighted by molar-refractivity contribution is 7.16. The predicted octanol–water partition coefficient (Wildman–Crippen LogP) is 9.81. The fourth-order valence-corrected chi connectivity index (χ4v) is 7.34. The van der Waals surface area contributed by atoms with Crippen LogP contribution in [-0.2, 0) is 33.2 Å². The van der Waals surface area contributed by atoms with Crippen LogP contribution in [-0.4, -0.2) is 68.0 Å².